The lowest BCUT2D eigenvalue weighted by molar-refractivity contribution is 0.104. The first-order chi connectivity index (χ1) is 11.1. The molecule has 128 valence electrons. The maximum absolute atomic E-state index is 12.8. The summed E-state index contributed by atoms with van der Waals surface area (Å²) in [5.41, 5.74) is 4.36. The standard InChI is InChI=1S/C15H15BF2I2N2O2/c1-6-8(3)21-14(12(6)19)10(23)5-11(24-16(17)18)15-13(20)7(2)9(4)22-15/h5,21-22H,1-4H3/b11-5-. The second-order valence-electron chi connectivity index (χ2n) is 5.38. The molecule has 24 heavy (non-hydrogen) atoms. The van der Waals surface area contributed by atoms with Gasteiger partial charge < -0.3 is 14.6 Å². The first-order valence-corrected chi connectivity index (χ1v) is 9.19. The highest BCUT2D eigenvalue weighted by atomic mass is 127. The summed E-state index contributed by atoms with van der Waals surface area (Å²) in [7, 11) is -3.02. The molecule has 0 aliphatic carbocycles. The highest BCUT2D eigenvalue weighted by molar-refractivity contribution is 14.1. The van der Waals surface area contributed by atoms with E-state index in [1.807, 2.05) is 50.3 Å². The summed E-state index contributed by atoms with van der Waals surface area (Å²) < 4.78 is 31.8. The summed E-state index contributed by atoms with van der Waals surface area (Å²) in [6.45, 7) is 7.46. The number of hydrogen-bond donors (Lipinski definition) is 2. The third kappa shape index (κ3) is 3.86. The fourth-order valence-electron chi connectivity index (χ4n) is 2.17. The van der Waals surface area contributed by atoms with Gasteiger partial charge in [0.05, 0.1) is 5.69 Å². The van der Waals surface area contributed by atoms with Gasteiger partial charge in [0.2, 0.25) is 5.78 Å². The summed E-state index contributed by atoms with van der Waals surface area (Å²) in [6, 6.07) is 0. The Morgan fingerprint density at radius 3 is 1.83 bits per heavy atom. The van der Waals surface area contributed by atoms with Crippen LogP contribution in [0.4, 0.5) is 8.63 Å². The molecule has 0 bridgehead atoms. The van der Waals surface area contributed by atoms with E-state index in [0.29, 0.717) is 11.4 Å². The minimum absolute atomic E-state index is 0.170. The van der Waals surface area contributed by atoms with Crippen LogP contribution in [-0.2, 0) is 4.65 Å². The van der Waals surface area contributed by atoms with Crippen LogP contribution in [0.25, 0.3) is 5.76 Å². The van der Waals surface area contributed by atoms with E-state index in [9.17, 15) is 13.4 Å². The van der Waals surface area contributed by atoms with Crippen LogP contribution in [0, 0.1) is 34.8 Å². The van der Waals surface area contributed by atoms with E-state index in [0.717, 1.165) is 35.7 Å². The number of carbonyl (C=O) groups excluding carboxylic acids is 1. The summed E-state index contributed by atoms with van der Waals surface area (Å²) >= 11 is 4.11. The zero-order valence-electron chi connectivity index (χ0n) is 13.5. The highest BCUT2D eigenvalue weighted by Gasteiger charge is 2.25. The lowest BCUT2D eigenvalue weighted by Gasteiger charge is -2.08. The van der Waals surface area contributed by atoms with Crippen LogP contribution < -0.4 is 0 Å². The Balaban J connectivity index is 2.51. The Labute approximate surface area is 166 Å². The molecule has 4 nitrogen and oxygen atoms in total. The zero-order chi connectivity index (χ0) is 18.2. The minimum atomic E-state index is -3.02. The van der Waals surface area contributed by atoms with Crippen molar-refractivity contribution in [3.63, 3.8) is 0 Å². The van der Waals surface area contributed by atoms with E-state index in [1.165, 1.54) is 0 Å². The van der Waals surface area contributed by atoms with E-state index < -0.39 is 13.3 Å². The first kappa shape index (κ1) is 19.5. The third-order valence-corrected chi connectivity index (χ3v) is 6.52. The van der Waals surface area contributed by atoms with Crippen molar-refractivity contribution in [1.29, 1.82) is 0 Å². The Morgan fingerprint density at radius 2 is 1.46 bits per heavy atom. The Bertz CT molecular complexity index is 828. The van der Waals surface area contributed by atoms with Gasteiger partial charge in [0.1, 0.15) is 11.5 Å². The molecule has 2 aromatic rings. The van der Waals surface area contributed by atoms with Crippen molar-refractivity contribution < 1.29 is 18.1 Å². The van der Waals surface area contributed by atoms with Crippen molar-refractivity contribution in [2.24, 2.45) is 0 Å². The number of halogens is 4. The number of H-pyrrole nitrogens is 2. The average molecular weight is 558 g/mol. The fourth-order valence-corrected chi connectivity index (χ4v) is 3.78. The average Bonchev–Trinajstić information content (AvgIpc) is 2.91. The van der Waals surface area contributed by atoms with Crippen LogP contribution >= 0.6 is 45.2 Å². The molecule has 9 heteroatoms. The van der Waals surface area contributed by atoms with E-state index in [-0.39, 0.29) is 5.76 Å². The molecule has 0 aliphatic rings. The van der Waals surface area contributed by atoms with Crippen molar-refractivity contribution in [3.8, 4) is 0 Å². The predicted octanol–water partition coefficient (Wildman–Crippen LogP) is 4.95. The second kappa shape index (κ2) is 7.59. The van der Waals surface area contributed by atoms with Crippen LogP contribution in [0.5, 0.6) is 0 Å². The van der Waals surface area contributed by atoms with Gasteiger partial charge in [-0.25, -0.2) is 8.63 Å². The highest BCUT2D eigenvalue weighted by Crippen LogP contribution is 2.28. The van der Waals surface area contributed by atoms with Crippen LogP contribution in [0.15, 0.2) is 6.08 Å². The molecular weight excluding hydrogens is 543 g/mol. The normalized spacial score (nSPS) is 11.8. The molecular formula is C15H15BF2I2N2O2. The number of rotatable bonds is 5. The molecule has 0 fully saturated rings. The molecule has 0 radical (unpaired) electrons. The molecule has 0 saturated carbocycles. The quantitative estimate of drug-likeness (QED) is 0.180. The lowest BCUT2D eigenvalue weighted by Crippen LogP contribution is -2.08. The second-order valence-corrected chi connectivity index (χ2v) is 7.54. The maximum Gasteiger partial charge on any atom is 0.796 e. The van der Waals surface area contributed by atoms with E-state index in [2.05, 4.69) is 37.2 Å². The lowest BCUT2D eigenvalue weighted by atomic mass is 10.2. The summed E-state index contributed by atoms with van der Waals surface area (Å²) in [6.07, 6.45) is 1.10. The van der Waals surface area contributed by atoms with Crippen LogP contribution in [0.3, 0.4) is 0 Å². The van der Waals surface area contributed by atoms with Gasteiger partial charge in [-0.3, -0.25) is 4.79 Å². The van der Waals surface area contributed by atoms with Crippen molar-refractivity contribution in [2.75, 3.05) is 0 Å². The number of aromatic amines is 2. The van der Waals surface area contributed by atoms with E-state index in [1.54, 1.807) is 0 Å². The van der Waals surface area contributed by atoms with Crippen molar-refractivity contribution >= 4 is 64.2 Å². The maximum atomic E-state index is 12.8. The van der Waals surface area contributed by atoms with Crippen molar-refractivity contribution in [3.05, 3.63) is 47.1 Å². The smallest absolute Gasteiger partial charge is 0.503 e. The van der Waals surface area contributed by atoms with E-state index in [4.69, 9.17) is 0 Å². The summed E-state index contributed by atoms with van der Waals surface area (Å²) in [5.74, 6) is -0.580. The Morgan fingerprint density at radius 1 is 1.00 bits per heavy atom. The third-order valence-electron chi connectivity index (χ3n) is 3.82. The molecule has 0 aliphatic heterocycles. The molecule has 0 spiro atoms. The molecule has 0 atom stereocenters. The largest absolute Gasteiger partial charge is 0.796 e. The Hall–Kier alpha value is -0.845. The van der Waals surface area contributed by atoms with Crippen LogP contribution in [-0.4, -0.2) is 23.2 Å². The molecule has 2 aromatic heterocycles. The number of hydrogen-bond acceptors (Lipinski definition) is 2. The number of aryl methyl sites for hydroxylation is 2. The van der Waals surface area contributed by atoms with Crippen LogP contribution in [0.2, 0.25) is 0 Å². The molecule has 0 aromatic carbocycles. The molecule has 2 heterocycles. The monoisotopic (exact) mass is 558 g/mol. The van der Waals surface area contributed by atoms with Crippen LogP contribution in [0.1, 0.15) is 38.7 Å². The molecule has 2 rings (SSSR count). The molecule has 2 N–H and O–H groups in total. The number of allylic oxidation sites excluding steroid dienone is 1. The summed E-state index contributed by atoms with van der Waals surface area (Å²) in [5, 5.41) is 0. The summed E-state index contributed by atoms with van der Waals surface area (Å²) in [4.78, 5) is 18.6. The first-order valence-electron chi connectivity index (χ1n) is 7.04. The minimum Gasteiger partial charge on any atom is -0.503 e. The molecule has 0 amide bonds. The number of aromatic nitrogens is 2. The fraction of sp³-hybridized carbons (Fsp3) is 0.267. The van der Waals surface area contributed by atoms with Gasteiger partial charge in [0.25, 0.3) is 0 Å². The predicted molar refractivity (Wildman–Crippen MR) is 107 cm³/mol. The number of ketones is 1. The van der Waals surface area contributed by atoms with Gasteiger partial charge >= 0.3 is 7.47 Å². The topological polar surface area (TPSA) is 57.9 Å². The number of carbonyl (C=O) groups is 1. The van der Waals surface area contributed by atoms with E-state index >= 15 is 0 Å². The van der Waals surface area contributed by atoms with Crippen molar-refractivity contribution in [2.45, 2.75) is 27.7 Å². The van der Waals surface area contributed by atoms with Gasteiger partial charge in [-0.1, -0.05) is 0 Å². The van der Waals surface area contributed by atoms with Crippen molar-refractivity contribution in [1.82, 2.24) is 9.97 Å². The van der Waals surface area contributed by atoms with Gasteiger partial charge in [-0.15, -0.1) is 0 Å². The van der Waals surface area contributed by atoms with Gasteiger partial charge in [0, 0.05) is 24.6 Å². The van der Waals surface area contributed by atoms with Gasteiger partial charge in [0.15, 0.2) is 0 Å². The van der Waals surface area contributed by atoms with Gasteiger partial charge in [-0.2, -0.15) is 0 Å². The molecule has 0 saturated heterocycles. The van der Waals surface area contributed by atoms with Gasteiger partial charge in [-0.05, 0) is 84.0 Å². The Kier molecular flexibility index (Phi) is 6.16. The molecule has 0 unspecified atom stereocenters. The number of nitrogens with one attached hydrogen (secondary N) is 2. The SMILES string of the molecule is Cc1[nH]c(C(=O)/C=C(\OB(F)F)c2[nH]c(C)c(C)c2I)c(I)c1C. The zero-order valence-corrected chi connectivity index (χ0v) is 17.8.